The highest BCUT2D eigenvalue weighted by molar-refractivity contribution is 5.69. The van der Waals surface area contributed by atoms with Gasteiger partial charge in [-0.1, -0.05) is 5.92 Å². The minimum absolute atomic E-state index is 0.165. The van der Waals surface area contributed by atoms with E-state index >= 15 is 0 Å². The topological polar surface area (TPSA) is 44.8 Å². The Bertz CT molecular complexity index is 324. The molecule has 4 nitrogen and oxygen atoms in total. The molecule has 1 aliphatic heterocycles. The van der Waals surface area contributed by atoms with E-state index in [1.165, 1.54) is 0 Å². The number of rotatable bonds is 4. The van der Waals surface area contributed by atoms with Crippen LogP contribution >= 0.6 is 0 Å². The summed E-state index contributed by atoms with van der Waals surface area (Å²) in [4.78, 5) is 11.3. The quantitative estimate of drug-likeness (QED) is 0.556. The number of carbonyl (C=O) groups excluding carboxylic acids is 1. The molecular formula is C13H20O4. The normalized spacial score (nSPS) is 26.1. The molecule has 1 saturated heterocycles. The summed E-state index contributed by atoms with van der Waals surface area (Å²) in [6.45, 7) is 7.66. The number of ether oxygens (including phenoxy) is 3. The first-order valence-corrected chi connectivity index (χ1v) is 5.92. The van der Waals surface area contributed by atoms with Gasteiger partial charge in [0.1, 0.15) is 6.10 Å². The van der Waals surface area contributed by atoms with Crippen LogP contribution in [0.1, 0.15) is 40.5 Å². The molecule has 0 aromatic rings. The molecule has 0 aromatic carbocycles. The Hall–Kier alpha value is -1.05. The summed E-state index contributed by atoms with van der Waals surface area (Å²) in [5.74, 6) is 4.94. The van der Waals surface area contributed by atoms with Crippen LogP contribution in [0.4, 0.5) is 0 Å². The lowest BCUT2D eigenvalue weighted by atomic mass is 10.1. The van der Waals surface area contributed by atoms with Gasteiger partial charge in [-0.25, -0.2) is 0 Å². The Labute approximate surface area is 103 Å². The summed E-state index contributed by atoms with van der Waals surface area (Å²) in [5, 5.41) is 0. The second-order valence-electron chi connectivity index (χ2n) is 4.33. The molecule has 96 valence electrons. The monoisotopic (exact) mass is 240 g/mol. The van der Waals surface area contributed by atoms with Crippen LogP contribution in [0.5, 0.6) is 0 Å². The van der Waals surface area contributed by atoms with Crippen molar-refractivity contribution in [2.45, 2.75) is 58.5 Å². The first-order valence-electron chi connectivity index (χ1n) is 5.92. The molecule has 1 rings (SSSR count). The molecule has 4 heteroatoms. The average Bonchev–Trinajstić information content (AvgIpc) is 2.51. The SMILES string of the molecule is CC#CC1OC(C)(C)OC1CCC(=O)OCC. The molecule has 1 fully saturated rings. The second kappa shape index (κ2) is 6.04. The first kappa shape index (κ1) is 14.0. The fourth-order valence-electron chi connectivity index (χ4n) is 1.80. The van der Waals surface area contributed by atoms with Gasteiger partial charge in [0.2, 0.25) is 0 Å². The highest BCUT2D eigenvalue weighted by Crippen LogP contribution is 2.30. The van der Waals surface area contributed by atoms with Crippen LogP contribution in [-0.2, 0) is 19.0 Å². The highest BCUT2D eigenvalue weighted by Gasteiger charge is 2.40. The lowest BCUT2D eigenvalue weighted by Gasteiger charge is -2.16. The standard InChI is InChI=1S/C13H20O4/c1-5-7-10-11(17-13(3,4)16-10)8-9-12(14)15-6-2/h10-11H,6,8-9H2,1-4H3. The van der Waals surface area contributed by atoms with Crippen LogP contribution in [0.15, 0.2) is 0 Å². The third kappa shape index (κ3) is 4.37. The fourth-order valence-corrected chi connectivity index (χ4v) is 1.80. The van der Waals surface area contributed by atoms with Crippen LogP contribution in [0.3, 0.4) is 0 Å². The highest BCUT2D eigenvalue weighted by atomic mass is 16.7. The van der Waals surface area contributed by atoms with Gasteiger partial charge in [-0.15, -0.1) is 5.92 Å². The van der Waals surface area contributed by atoms with Gasteiger partial charge in [0.25, 0.3) is 0 Å². The van der Waals surface area contributed by atoms with Crippen LogP contribution in [0.25, 0.3) is 0 Å². The minimum atomic E-state index is -0.631. The van der Waals surface area contributed by atoms with E-state index < -0.39 is 5.79 Å². The molecule has 0 amide bonds. The lowest BCUT2D eigenvalue weighted by molar-refractivity contribution is -0.149. The van der Waals surface area contributed by atoms with Gasteiger partial charge >= 0.3 is 5.97 Å². The van der Waals surface area contributed by atoms with Crippen molar-refractivity contribution in [3.63, 3.8) is 0 Å². The molecule has 0 aromatic heterocycles. The van der Waals surface area contributed by atoms with Crippen molar-refractivity contribution in [1.29, 1.82) is 0 Å². The van der Waals surface area contributed by atoms with E-state index in [4.69, 9.17) is 14.2 Å². The average molecular weight is 240 g/mol. The van der Waals surface area contributed by atoms with E-state index in [0.717, 1.165) is 0 Å². The van der Waals surface area contributed by atoms with Gasteiger partial charge in [0.05, 0.1) is 12.7 Å². The van der Waals surface area contributed by atoms with Crippen LogP contribution in [0, 0.1) is 11.8 Å². The van der Waals surface area contributed by atoms with Crippen molar-refractivity contribution >= 4 is 5.97 Å². The molecule has 0 bridgehead atoms. The predicted molar refractivity (Wildman–Crippen MR) is 63.1 cm³/mol. The maximum atomic E-state index is 11.3. The summed E-state index contributed by atoms with van der Waals surface area (Å²) in [7, 11) is 0. The molecule has 0 aliphatic carbocycles. The Balaban J connectivity index is 2.50. The zero-order valence-corrected chi connectivity index (χ0v) is 10.9. The van der Waals surface area contributed by atoms with Gasteiger partial charge in [0.15, 0.2) is 5.79 Å². The molecule has 0 spiro atoms. The number of carbonyl (C=O) groups is 1. The van der Waals surface area contributed by atoms with Crippen molar-refractivity contribution in [3.05, 3.63) is 0 Å². The number of esters is 1. The Morgan fingerprint density at radius 2 is 2.12 bits per heavy atom. The van der Waals surface area contributed by atoms with E-state index in [-0.39, 0.29) is 18.2 Å². The molecule has 0 saturated carbocycles. The summed E-state index contributed by atoms with van der Waals surface area (Å²) in [6.07, 6.45) is 0.479. The van der Waals surface area contributed by atoms with Crippen LogP contribution < -0.4 is 0 Å². The van der Waals surface area contributed by atoms with Gasteiger partial charge in [-0.2, -0.15) is 0 Å². The number of hydrogen-bond donors (Lipinski definition) is 0. The summed E-state index contributed by atoms with van der Waals surface area (Å²) < 4.78 is 16.2. The minimum Gasteiger partial charge on any atom is -0.466 e. The van der Waals surface area contributed by atoms with Gasteiger partial charge in [0, 0.05) is 6.42 Å². The van der Waals surface area contributed by atoms with Gasteiger partial charge < -0.3 is 14.2 Å². The Morgan fingerprint density at radius 3 is 2.71 bits per heavy atom. The molecule has 1 heterocycles. The van der Waals surface area contributed by atoms with Crippen LogP contribution in [0.2, 0.25) is 0 Å². The van der Waals surface area contributed by atoms with Gasteiger partial charge in [-0.05, 0) is 34.1 Å². The van der Waals surface area contributed by atoms with E-state index in [2.05, 4.69) is 11.8 Å². The van der Waals surface area contributed by atoms with Crippen molar-refractivity contribution < 1.29 is 19.0 Å². The lowest BCUT2D eigenvalue weighted by Crippen LogP contribution is -2.22. The maximum Gasteiger partial charge on any atom is 0.305 e. The largest absolute Gasteiger partial charge is 0.466 e. The summed E-state index contributed by atoms with van der Waals surface area (Å²) in [5.41, 5.74) is 0. The Kier molecular flexibility index (Phi) is 4.98. The Morgan fingerprint density at radius 1 is 1.41 bits per heavy atom. The summed E-state index contributed by atoms with van der Waals surface area (Å²) >= 11 is 0. The third-order valence-corrected chi connectivity index (χ3v) is 2.41. The maximum absolute atomic E-state index is 11.3. The fraction of sp³-hybridized carbons (Fsp3) is 0.769. The molecule has 0 N–H and O–H groups in total. The molecule has 1 aliphatic rings. The zero-order chi connectivity index (χ0) is 12.9. The van der Waals surface area contributed by atoms with Crippen molar-refractivity contribution in [2.75, 3.05) is 6.61 Å². The molecule has 0 radical (unpaired) electrons. The van der Waals surface area contributed by atoms with Crippen molar-refractivity contribution in [1.82, 2.24) is 0 Å². The molecule has 2 unspecified atom stereocenters. The second-order valence-corrected chi connectivity index (χ2v) is 4.33. The molecule has 2 atom stereocenters. The number of hydrogen-bond acceptors (Lipinski definition) is 4. The van der Waals surface area contributed by atoms with E-state index in [1.807, 2.05) is 13.8 Å². The van der Waals surface area contributed by atoms with Crippen LogP contribution in [-0.4, -0.2) is 30.6 Å². The van der Waals surface area contributed by atoms with Gasteiger partial charge in [-0.3, -0.25) is 4.79 Å². The van der Waals surface area contributed by atoms with Crippen molar-refractivity contribution in [3.8, 4) is 11.8 Å². The zero-order valence-electron chi connectivity index (χ0n) is 10.9. The third-order valence-electron chi connectivity index (χ3n) is 2.41. The molecule has 17 heavy (non-hydrogen) atoms. The first-order chi connectivity index (χ1) is 7.98. The summed E-state index contributed by atoms with van der Waals surface area (Å²) in [6, 6.07) is 0. The molecular weight excluding hydrogens is 220 g/mol. The predicted octanol–water partition coefficient (Wildman–Crippen LogP) is 1.87. The van der Waals surface area contributed by atoms with E-state index in [9.17, 15) is 4.79 Å². The van der Waals surface area contributed by atoms with E-state index in [0.29, 0.717) is 19.4 Å². The van der Waals surface area contributed by atoms with Crippen molar-refractivity contribution in [2.24, 2.45) is 0 Å². The van der Waals surface area contributed by atoms with E-state index in [1.54, 1.807) is 13.8 Å². The smallest absolute Gasteiger partial charge is 0.305 e.